The summed E-state index contributed by atoms with van der Waals surface area (Å²) in [5.41, 5.74) is 0. The molecule has 0 amide bonds. The predicted molar refractivity (Wildman–Crippen MR) is 63.9 cm³/mol. The number of aliphatic hydroxyl groups is 1. The van der Waals surface area contributed by atoms with Crippen molar-refractivity contribution in [3.63, 3.8) is 0 Å². The molecule has 0 aromatic carbocycles. The van der Waals surface area contributed by atoms with Crippen molar-refractivity contribution >= 4 is 17.4 Å². The monoisotopic (exact) mass is 250 g/mol. The summed E-state index contributed by atoms with van der Waals surface area (Å²) in [5, 5.41) is 36.2. The van der Waals surface area contributed by atoms with Crippen LogP contribution in [0.2, 0.25) is 0 Å². The minimum absolute atomic E-state index is 0. The SMILES string of the molecule is CC(C)[O-].CC(C)[O-].CC(C)[O-].CCO.[Al+3]. The molecule has 16 heavy (non-hydrogen) atoms. The third-order valence-corrected chi connectivity index (χ3v) is 0. The van der Waals surface area contributed by atoms with E-state index < -0.39 is 18.3 Å². The summed E-state index contributed by atoms with van der Waals surface area (Å²) in [6.07, 6.45) is -1.25. The molecular formula is C11H27AlO4. The van der Waals surface area contributed by atoms with Gasteiger partial charge in [0.25, 0.3) is 0 Å². The maximum absolute atomic E-state index is 9.53. The van der Waals surface area contributed by atoms with Crippen molar-refractivity contribution in [3.05, 3.63) is 0 Å². The van der Waals surface area contributed by atoms with Crippen LogP contribution in [0.1, 0.15) is 48.5 Å². The zero-order valence-electron chi connectivity index (χ0n) is 11.7. The Morgan fingerprint density at radius 3 is 0.750 bits per heavy atom. The molecule has 0 fully saturated rings. The van der Waals surface area contributed by atoms with E-state index in [9.17, 15) is 15.3 Å². The minimum atomic E-state index is -0.417. The quantitative estimate of drug-likeness (QED) is 0.552. The molecule has 0 aliphatic carbocycles. The molecule has 0 radical (unpaired) electrons. The first-order valence-corrected chi connectivity index (χ1v) is 5.19. The van der Waals surface area contributed by atoms with Crippen LogP contribution in [-0.4, -0.2) is 47.4 Å². The van der Waals surface area contributed by atoms with Gasteiger partial charge in [0.2, 0.25) is 0 Å². The third-order valence-electron chi connectivity index (χ3n) is 0. The Kier molecular flexibility index (Phi) is 55.2. The van der Waals surface area contributed by atoms with Gasteiger partial charge >= 0.3 is 17.4 Å². The molecular weight excluding hydrogens is 223 g/mol. The van der Waals surface area contributed by atoms with Crippen LogP contribution >= 0.6 is 0 Å². The Morgan fingerprint density at radius 2 is 0.750 bits per heavy atom. The number of rotatable bonds is 0. The van der Waals surface area contributed by atoms with Gasteiger partial charge in [-0.1, -0.05) is 41.5 Å². The van der Waals surface area contributed by atoms with Crippen LogP contribution in [0.5, 0.6) is 0 Å². The second-order valence-electron chi connectivity index (χ2n) is 3.46. The van der Waals surface area contributed by atoms with Crippen LogP contribution < -0.4 is 15.3 Å². The molecule has 0 spiro atoms. The average Bonchev–Trinajstić information content (AvgIpc) is 1.81. The van der Waals surface area contributed by atoms with E-state index in [-0.39, 0.29) is 24.0 Å². The molecule has 0 aromatic rings. The van der Waals surface area contributed by atoms with Gasteiger partial charge in [-0.3, -0.25) is 0 Å². The normalized spacial score (nSPS) is 7.88. The van der Waals surface area contributed by atoms with E-state index >= 15 is 0 Å². The Bertz CT molecular complexity index is 55.9. The van der Waals surface area contributed by atoms with Gasteiger partial charge in [0.15, 0.2) is 0 Å². The minimum Gasteiger partial charge on any atom is -0.852 e. The van der Waals surface area contributed by atoms with Crippen molar-refractivity contribution < 1.29 is 20.4 Å². The zero-order chi connectivity index (χ0) is 13.4. The summed E-state index contributed by atoms with van der Waals surface area (Å²) in [4.78, 5) is 0. The Balaban J connectivity index is -0.0000000331. The Morgan fingerprint density at radius 1 is 0.750 bits per heavy atom. The van der Waals surface area contributed by atoms with Crippen LogP contribution in [0.3, 0.4) is 0 Å². The van der Waals surface area contributed by atoms with Gasteiger partial charge in [-0.2, -0.15) is 0 Å². The fourth-order valence-corrected chi connectivity index (χ4v) is 0. The zero-order valence-corrected chi connectivity index (χ0v) is 12.8. The molecule has 0 bridgehead atoms. The molecule has 5 heteroatoms. The van der Waals surface area contributed by atoms with Crippen molar-refractivity contribution in [2.75, 3.05) is 6.61 Å². The summed E-state index contributed by atoms with van der Waals surface area (Å²) in [6, 6.07) is 0. The van der Waals surface area contributed by atoms with E-state index in [1.54, 1.807) is 48.5 Å². The fraction of sp³-hybridized carbons (Fsp3) is 1.00. The van der Waals surface area contributed by atoms with Crippen LogP contribution in [0, 0.1) is 0 Å². The average molecular weight is 250 g/mol. The van der Waals surface area contributed by atoms with Gasteiger partial charge in [0.05, 0.1) is 0 Å². The molecule has 0 saturated heterocycles. The van der Waals surface area contributed by atoms with Crippen LogP contribution in [-0.2, 0) is 0 Å². The maximum Gasteiger partial charge on any atom is 3.00 e. The number of aliphatic hydroxyl groups excluding tert-OH is 1. The van der Waals surface area contributed by atoms with Crippen molar-refractivity contribution in [2.45, 2.75) is 66.8 Å². The molecule has 0 aliphatic rings. The summed E-state index contributed by atoms with van der Waals surface area (Å²) in [6.45, 7) is 11.6. The number of hydrogen-bond acceptors (Lipinski definition) is 4. The molecule has 0 heterocycles. The molecule has 0 aromatic heterocycles. The molecule has 0 saturated carbocycles. The van der Waals surface area contributed by atoms with E-state index in [1.807, 2.05) is 0 Å². The van der Waals surface area contributed by atoms with Gasteiger partial charge in [0.1, 0.15) is 0 Å². The van der Waals surface area contributed by atoms with E-state index in [2.05, 4.69) is 0 Å². The van der Waals surface area contributed by atoms with Crippen LogP contribution in [0.15, 0.2) is 0 Å². The van der Waals surface area contributed by atoms with E-state index in [0.717, 1.165) is 0 Å². The van der Waals surface area contributed by atoms with Gasteiger partial charge in [0, 0.05) is 6.61 Å². The Labute approximate surface area is 111 Å². The molecule has 0 rings (SSSR count). The molecule has 4 nitrogen and oxygen atoms in total. The summed E-state index contributed by atoms with van der Waals surface area (Å²) < 4.78 is 0. The first-order chi connectivity index (χ1) is 6.61. The molecule has 1 N–H and O–H groups in total. The topological polar surface area (TPSA) is 89.4 Å². The van der Waals surface area contributed by atoms with Crippen molar-refractivity contribution in [3.8, 4) is 0 Å². The molecule has 0 aliphatic heterocycles. The number of hydrogen-bond donors (Lipinski definition) is 1. The van der Waals surface area contributed by atoms with Crippen LogP contribution in [0.4, 0.5) is 0 Å². The van der Waals surface area contributed by atoms with Gasteiger partial charge in [-0.05, 0) is 6.92 Å². The summed E-state index contributed by atoms with van der Waals surface area (Å²) >= 11 is 0. The van der Waals surface area contributed by atoms with Crippen molar-refractivity contribution in [1.82, 2.24) is 0 Å². The predicted octanol–water partition coefficient (Wildman–Crippen LogP) is -1.12. The molecule has 0 atom stereocenters. The molecule has 98 valence electrons. The fourth-order valence-electron chi connectivity index (χ4n) is 0. The maximum atomic E-state index is 9.53. The van der Waals surface area contributed by atoms with Crippen LogP contribution in [0.25, 0.3) is 0 Å². The second-order valence-corrected chi connectivity index (χ2v) is 3.46. The first-order valence-electron chi connectivity index (χ1n) is 5.19. The Hall–Kier alpha value is 0.372. The standard InChI is InChI=1S/3C3H7O.C2H6O.Al/c3*1-3(2)4;1-2-3;/h3*3H,1-2H3;3H,2H2,1H3;/q3*-1;;+3. The largest absolute Gasteiger partial charge is 3.00 e. The summed E-state index contributed by atoms with van der Waals surface area (Å²) in [7, 11) is 0. The second kappa shape index (κ2) is 29.5. The van der Waals surface area contributed by atoms with E-state index in [0.29, 0.717) is 0 Å². The third kappa shape index (κ3) is 18500. The van der Waals surface area contributed by atoms with Gasteiger partial charge in [-0.25, -0.2) is 0 Å². The van der Waals surface area contributed by atoms with Crippen molar-refractivity contribution in [2.24, 2.45) is 0 Å². The smallest absolute Gasteiger partial charge is 0.852 e. The molecule has 0 unspecified atom stereocenters. The van der Waals surface area contributed by atoms with Gasteiger partial charge < -0.3 is 20.4 Å². The van der Waals surface area contributed by atoms with E-state index in [4.69, 9.17) is 5.11 Å². The van der Waals surface area contributed by atoms with Gasteiger partial charge in [-0.15, -0.1) is 18.3 Å². The first kappa shape index (κ1) is 29.9. The summed E-state index contributed by atoms with van der Waals surface area (Å²) in [5.74, 6) is 0. The van der Waals surface area contributed by atoms with Crippen molar-refractivity contribution in [1.29, 1.82) is 0 Å². The van der Waals surface area contributed by atoms with E-state index in [1.165, 1.54) is 0 Å².